The Balaban J connectivity index is 4.03. The second-order valence-electron chi connectivity index (χ2n) is 5.31. The van der Waals surface area contributed by atoms with E-state index in [1.165, 1.54) is 0 Å². The van der Waals surface area contributed by atoms with E-state index in [0.29, 0.717) is 39.3 Å². The van der Waals surface area contributed by atoms with Crippen LogP contribution in [-0.4, -0.2) is 64.8 Å². The topological polar surface area (TPSA) is 97.9 Å². The minimum atomic E-state index is -0.458. The summed E-state index contributed by atoms with van der Waals surface area (Å²) in [5.74, 6) is -0.0228. The Kier molecular flexibility index (Phi) is 15.5. The number of carbonyl (C=O) groups is 2. The van der Waals surface area contributed by atoms with E-state index in [0.717, 1.165) is 19.4 Å². The summed E-state index contributed by atoms with van der Waals surface area (Å²) in [5.41, 5.74) is 0. The molecule has 0 aromatic heterocycles. The van der Waals surface area contributed by atoms with Crippen molar-refractivity contribution in [1.29, 1.82) is 0 Å². The van der Waals surface area contributed by atoms with Crippen molar-refractivity contribution in [3.05, 3.63) is 0 Å². The predicted octanol–water partition coefficient (Wildman–Crippen LogP) is 1.01. The Labute approximate surface area is 145 Å². The summed E-state index contributed by atoms with van der Waals surface area (Å²) < 4.78 is 16.3. The molecule has 0 saturated heterocycles. The van der Waals surface area contributed by atoms with E-state index in [-0.39, 0.29) is 18.6 Å². The molecule has 3 N–H and O–H groups in total. The molecule has 0 aromatic rings. The highest BCUT2D eigenvalue weighted by molar-refractivity contribution is 5.75. The van der Waals surface area contributed by atoms with Crippen LogP contribution in [0.4, 0.5) is 4.79 Å². The van der Waals surface area contributed by atoms with E-state index in [1.54, 1.807) is 7.05 Å². The van der Waals surface area contributed by atoms with Crippen molar-refractivity contribution >= 4 is 12.0 Å². The third-order valence-electron chi connectivity index (χ3n) is 3.03. The molecule has 24 heavy (non-hydrogen) atoms. The number of alkyl carbamates (subject to hydrolysis) is 1. The zero-order valence-electron chi connectivity index (χ0n) is 15.2. The minimum absolute atomic E-state index is 0.0228. The van der Waals surface area contributed by atoms with Crippen LogP contribution in [-0.2, 0) is 19.0 Å². The van der Waals surface area contributed by atoms with Crippen LogP contribution in [0.25, 0.3) is 0 Å². The average Bonchev–Trinajstić information content (AvgIpc) is 2.59. The van der Waals surface area contributed by atoms with E-state index in [1.807, 2.05) is 6.92 Å². The number of carbonyl (C=O) groups excluding carboxylic acids is 2. The number of nitrogens with one attached hydrogen (secondary N) is 3. The largest absolute Gasteiger partial charge is 0.447 e. The molecule has 0 bridgehead atoms. The molecule has 0 spiro atoms. The third kappa shape index (κ3) is 14.2. The quantitative estimate of drug-likeness (QED) is 0.302. The van der Waals surface area contributed by atoms with Gasteiger partial charge in [0.1, 0.15) is 12.7 Å². The lowest BCUT2D eigenvalue weighted by atomic mass is 10.3. The lowest BCUT2D eigenvalue weighted by Crippen LogP contribution is -2.33. The van der Waals surface area contributed by atoms with E-state index in [9.17, 15) is 9.59 Å². The summed E-state index contributed by atoms with van der Waals surface area (Å²) in [6.45, 7) is 6.77. The number of ether oxygens (including phenoxy) is 3. The highest BCUT2D eigenvalue weighted by atomic mass is 16.6. The zero-order chi connectivity index (χ0) is 18.0. The van der Waals surface area contributed by atoms with Crippen molar-refractivity contribution in [2.24, 2.45) is 0 Å². The summed E-state index contributed by atoms with van der Waals surface area (Å²) >= 11 is 0. The normalized spacial score (nSPS) is 11.8. The first-order valence-electron chi connectivity index (χ1n) is 8.65. The van der Waals surface area contributed by atoms with Gasteiger partial charge in [-0.3, -0.25) is 10.1 Å². The van der Waals surface area contributed by atoms with Gasteiger partial charge in [0, 0.05) is 26.6 Å². The molecule has 8 nitrogen and oxygen atoms in total. The summed E-state index contributed by atoms with van der Waals surface area (Å²) in [5, 5.41) is 8.32. The molecule has 0 saturated carbocycles. The number of hydrogen-bond donors (Lipinski definition) is 3. The molecule has 0 aliphatic heterocycles. The van der Waals surface area contributed by atoms with Crippen LogP contribution in [0.15, 0.2) is 0 Å². The van der Waals surface area contributed by atoms with Crippen LogP contribution in [0.5, 0.6) is 0 Å². The Morgan fingerprint density at radius 3 is 2.50 bits per heavy atom. The van der Waals surface area contributed by atoms with Gasteiger partial charge in [0.15, 0.2) is 0 Å². The molecule has 0 aliphatic rings. The molecular formula is C16H33N3O5. The Bertz CT molecular complexity index is 329. The number of hydrogen-bond acceptors (Lipinski definition) is 6. The van der Waals surface area contributed by atoms with Crippen molar-refractivity contribution in [2.75, 3.05) is 46.7 Å². The molecule has 0 aromatic carbocycles. The first-order valence-corrected chi connectivity index (χ1v) is 8.65. The molecule has 8 heteroatoms. The molecule has 0 radical (unpaired) electrons. The molecule has 2 amide bonds. The van der Waals surface area contributed by atoms with Gasteiger partial charge < -0.3 is 24.8 Å². The molecule has 0 fully saturated rings. The van der Waals surface area contributed by atoms with Crippen LogP contribution in [0.3, 0.4) is 0 Å². The Morgan fingerprint density at radius 1 is 1.08 bits per heavy atom. The standard InChI is InChI=1S/C16H33N3O5/c1-4-8-18-13-22-11-14(12-24-16(21)19-9-5-2)23-10-6-7-15(20)17-3/h14,18H,4-13H2,1-3H3,(H,17,20)(H,19,21). The van der Waals surface area contributed by atoms with Gasteiger partial charge in [0.05, 0.1) is 13.3 Å². The molecule has 1 atom stereocenters. The van der Waals surface area contributed by atoms with E-state index >= 15 is 0 Å². The van der Waals surface area contributed by atoms with Crippen LogP contribution in [0.1, 0.15) is 39.5 Å². The minimum Gasteiger partial charge on any atom is -0.447 e. The summed E-state index contributed by atoms with van der Waals surface area (Å²) in [6, 6.07) is 0. The highest BCUT2D eigenvalue weighted by Gasteiger charge is 2.13. The molecule has 1 unspecified atom stereocenters. The van der Waals surface area contributed by atoms with Gasteiger partial charge in [-0.1, -0.05) is 13.8 Å². The first kappa shape index (κ1) is 22.6. The van der Waals surface area contributed by atoms with Gasteiger partial charge in [-0.25, -0.2) is 4.79 Å². The Hall–Kier alpha value is -1.38. The lowest BCUT2D eigenvalue weighted by Gasteiger charge is -2.18. The Morgan fingerprint density at radius 2 is 1.83 bits per heavy atom. The van der Waals surface area contributed by atoms with Crippen LogP contribution in [0, 0.1) is 0 Å². The second-order valence-corrected chi connectivity index (χ2v) is 5.31. The van der Waals surface area contributed by atoms with Crippen molar-refractivity contribution < 1.29 is 23.8 Å². The fraction of sp³-hybridized carbons (Fsp3) is 0.875. The second kappa shape index (κ2) is 16.5. The highest BCUT2D eigenvalue weighted by Crippen LogP contribution is 1.99. The maximum atomic E-state index is 11.5. The van der Waals surface area contributed by atoms with Gasteiger partial charge in [-0.15, -0.1) is 0 Å². The van der Waals surface area contributed by atoms with Gasteiger partial charge >= 0.3 is 6.09 Å². The van der Waals surface area contributed by atoms with Crippen molar-refractivity contribution in [1.82, 2.24) is 16.0 Å². The lowest BCUT2D eigenvalue weighted by molar-refractivity contribution is -0.121. The fourth-order valence-electron chi connectivity index (χ4n) is 1.71. The van der Waals surface area contributed by atoms with Crippen LogP contribution in [0.2, 0.25) is 0 Å². The number of amides is 2. The SMILES string of the molecule is CCCNCOCC(COC(=O)NCCC)OCCCC(=O)NC. The van der Waals surface area contributed by atoms with Crippen LogP contribution >= 0.6 is 0 Å². The molecule has 0 heterocycles. The average molecular weight is 347 g/mol. The third-order valence-corrected chi connectivity index (χ3v) is 3.03. The smallest absolute Gasteiger partial charge is 0.407 e. The maximum absolute atomic E-state index is 11.5. The molecule has 0 aliphatic carbocycles. The van der Waals surface area contributed by atoms with E-state index in [2.05, 4.69) is 22.9 Å². The van der Waals surface area contributed by atoms with Gasteiger partial charge in [0.2, 0.25) is 5.91 Å². The van der Waals surface area contributed by atoms with Crippen molar-refractivity contribution in [3.63, 3.8) is 0 Å². The van der Waals surface area contributed by atoms with Gasteiger partial charge in [0.25, 0.3) is 0 Å². The van der Waals surface area contributed by atoms with Gasteiger partial charge in [-0.2, -0.15) is 0 Å². The molecule has 142 valence electrons. The van der Waals surface area contributed by atoms with Gasteiger partial charge in [-0.05, 0) is 25.8 Å². The molecule has 0 rings (SSSR count). The molecular weight excluding hydrogens is 314 g/mol. The van der Waals surface area contributed by atoms with Crippen molar-refractivity contribution in [3.8, 4) is 0 Å². The van der Waals surface area contributed by atoms with E-state index in [4.69, 9.17) is 14.2 Å². The van der Waals surface area contributed by atoms with E-state index < -0.39 is 6.09 Å². The zero-order valence-corrected chi connectivity index (χ0v) is 15.2. The summed E-state index contributed by atoms with van der Waals surface area (Å²) in [6.07, 6.45) is 2.07. The maximum Gasteiger partial charge on any atom is 0.407 e. The monoisotopic (exact) mass is 347 g/mol. The van der Waals surface area contributed by atoms with Crippen LogP contribution < -0.4 is 16.0 Å². The first-order chi connectivity index (χ1) is 11.6. The summed E-state index contributed by atoms with van der Waals surface area (Å²) in [7, 11) is 1.60. The summed E-state index contributed by atoms with van der Waals surface area (Å²) in [4.78, 5) is 22.7. The van der Waals surface area contributed by atoms with Crippen molar-refractivity contribution in [2.45, 2.75) is 45.6 Å². The predicted molar refractivity (Wildman–Crippen MR) is 91.8 cm³/mol. The fourth-order valence-corrected chi connectivity index (χ4v) is 1.71. The number of rotatable bonds is 15.